The molecular formula is C12H18N4O3. The van der Waals surface area contributed by atoms with E-state index in [9.17, 15) is 9.59 Å². The second kappa shape index (κ2) is 5.38. The molecule has 104 valence electrons. The van der Waals surface area contributed by atoms with Gasteiger partial charge in [0.05, 0.1) is 5.92 Å². The number of carboxylic acids is 1. The maximum atomic E-state index is 12.0. The van der Waals surface area contributed by atoms with Crippen molar-refractivity contribution in [3.8, 4) is 0 Å². The molecule has 2 rings (SSSR count). The number of hydrogen-bond donors (Lipinski definition) is 3. The molecule has 0 bridgehead atoms. The number of amides is 1. The first kappa shape index (κ1) is 13.5. The summed E-state index contributed by atoms with van der Waals surface area (Å²) in [6.45, 7) is 3.89. The van der Waals surface area contributed by atoms with Crippen molar-refractivity contribution < 1.29 is 14.7 Å². The highest BCUT2D eigenvalue weighted by molar-refractivity contribution is 5.91. The number of aliphatic carboxylic acids is 1. The van der Waals surface area contributed by atoms with Crippen molar-refractivity contribution in [3.05, 3.63) is 11.6 Å². The van der Waals surface area contributed by atoms with Gasteiger partial charge in [-0.05, 0) is 12.8 Å². The van der Waals surface area contributed by atoms with Gasteiger partial charge in [0.2, 0.25) is 5.82 Å². The second-order valence-electron chi connectivity index (χ2n) is 5.15. The first-order chi connectivity index (χ1) is 8.99. The lowest BCUT2D eigenvalue weighted by Crippen LogP contribution is -2.40. The second-order valence-corrected chi connectivity index (χ2v) is 5.15. The van der Waals surface area contributed by atoms with Gasteiger partial charge in [0.1, 0.15) is 5.82 Å². The molecule has 0 radical (unpaired) electrons. The Kier molecular flexibility index (Phi) is 3.82. The smallest absolute Gasteiger partial charge is 0.308 e. The predicted molar refractivity (Wildman–Crippen MR) is 66.7 cm³/mol. The maximum Gasteiger partial charge on any atom is 0.308 e. The van der Waals surface area contributed by atoms with Crippen LogP contribution in [0.1, 0.15) is 55.5 Å². The molecule has 1 saturated carbocycles. The van der Waals surface area contributed by atoms with Gasteiger partial charge in [0.25, 0.3) is 5.91 Å². The van der Waals surface area contributed by atoms with Crippen molar-refractivity contribution in [1.29, 1.82) is 0 Å². The van der Waals surface area contributed by atoms with Gasteiger partial charge in [-0.3, -0.25) is 14.7 Å². The normalized spacial score (nSPS) is 22.7. The Morgan fingerprint density at radius 2 is 2.16 bits per heavy atom. The Morgan fingerprint density at radius 1 is 1.42 bits per heavy atom. The number of aromatic nitrogens is 3. The van der Waals surface area contributed by atoms with E-state index in [-0.39, 0.29) is 17.8 Å². The fourth-order valence-corrected chi connectivity index (χ4v) is 2.30. The highest BCUT2D eigenvalue weighted by atomic mass is 16.4. The van der Waals surface area contributed by atoms with Crippen molar-refractivity contribution in [1.82, 2.24) is 20.5 Å². The molecule has 1 amide bonds. The molecule has 1 aromatic rings. The first-order valence-corrected chi connectivity index (χ1v) is 6.45. The Hall–Kier alpha value is -1.92. The number of nitrogens with zero attached hydrogens (tertiary/aromatic N) is 2. The van der Waals surface area contributed by atoms with Crippen molar-refractivity contribution in [2.45, 2.75) is 45.1 Å². The Morgan fingerprint density at radius 3 is 2.74 bits per heavy atom. The van der Waals surface area contributed by atoms with E-state index >= 15 is 0 Å². The van der Waals surface area contributed by atoms with Crippen molar-refractivity contribution in [2.24, 2.45) is 5.92 Å². The predicted octanol–water partition coefficient (Wildman–Crippen LogP) is 0.911. The van der Waals surface area contributed by atoms with Gasteiger partial charge in [-0.25, -0.2) is 4.98 Å². The molecule has 7 nitrogen and oxygen atoms in total. The van der Waals surface area contributed by atoms with Crippen LogP contribution >= 0.6 is 0 Å². The maximum absolute atomic E-state index is 12.0. The third kappa shape index (κ3) is 2.91. The summed E-state index contributed by atoms with van der Waals surface area (Å²) in [6.07, 6.45) is 2.10. The minimum atomic E-state index is -0.861. The third-order valence-corrected chi connectivity index (χ3v) is 3.40. The lowest BCUT2D eigenvalue weighted by Gasteiger charge is -2.16. The molecule has 0 saturated heterocycles. The van der Waals surface area contributed by atoms with E-state index in [0.29, 0.717) is 18.7 Å². The average molecular weight is 266 g/mol. The molecule has 7 heteroatoms. The number of carbonyl (C=O) groups is 2. The Bertz CT molecular complexity index is 483. The molecule has 0 spiro atoms. The number of aromatic amines is 1. The summed E-state index contributed by atoms with van der Waals surface area (Å²) in [7, 11) is 0. The molecule has 2 atom stereocenters. The minimum Gasteiger partial charge on any atom is -0.481 e. The summed E-state index contributed by atoms with van der Waals surface area (Å²) in [6, 6.07) is -0.328. The van der Waals surface area contributed by atoms with Gasteiger partial charge >= 0.3 is 5.97 Å². The van der Waals surface area contributed by atoms with Crippen molar-refractivity contribution in [3.63, 3.8) is 0 Å². The van der Waals surface area contributed by atoms with Crippen LogP contribution in [0, 0.1) is 5.92 Å². The van der Waals surface area contributed by atoms with Crippen LogP contribution in [0.25, 0.3) is 0 Å². The van der Waals surface area contributed by atoms with E-state index in [4.69, 9.17) is 5.11 Å². The molecule has 1 fully saturated rings. The molecule has 1 aliphatic rings. The Labute approximate surface area is 110 Å². The van der Waals surface area contributed by atoms with Gasteiger partial charge in [-0.2, -0.15) is 0 Å². The zero-order valence-corrected chi connectivity index (χ0v) is 11.0. The largest absolute Gasteiger partial charge is 0.481 e. The van der Waals surface area contributed by atoms with Crippen LogP contribution < -0.4 is 5.32 Å². The summed E-state index contributed by atoms with van der Waals surface area (Å²) in [4.78, 5) is 27.1. The lowest BCUT2D eigenvalue weighted by molar-refractivity contribution is -0.142. The third-order valence-electron chi connectivity index (χ3n) is 3.40. The number of carbonyl (C=O) groups excluding carboxylic acids is 1. The van der Waals surface area contributed by atoms with Gasteiger partial charge in [0.15, 0.2) is 0 Å². The van der Waals surface area contributed by atoms with E-state index in [2.05, 4.69) is 20.5 Å². The molecule has 0 aromatic carbocycles. The molecule has 0 aliphatic heterocycles. The fraction of sp³-hybridized carbons (Fsp3) is 0.667. The molecule has 1 aromatic heterocycles. The Balaban J connectivity index is 2.02. The average Bonchev–Trinajstić information content (AvgIpc) is 2.96. The van der Waals surface area contributed by atoms with E-state index in [1.807, 2.05) is 13.8 Å². The van der Waals surface area contributed by atoms with Crippen LogP contribution in [0.5, 0.6) is 0 Å². The van der Waals surface area contributed by atoms with E-state index in [1.165, 1.54) is 0 Å². The number of rotatable bonds is 4. The number of carboxylic acid groups (broad SMARTS) is 1. The van der Waals surface area contributed by atoms with Gasteiger partial charge in [-0.1, -0.05) is 20.3 Å². The van der Waals surface area contributed by atoms with Crippen LogP contribution in [0.3, 0.4) is 0 Å². The topological polar surface area (TPSA) is 108 Å². The first-order valence-electron chi connectivity index (χ1n) is 6.45. The van der Waals surface area contributed by atoms with Crippen LogP contribution in [0.15, 0.2) is 0 Å². The van der Waals surface area contributed by atoms with Crippen LogP contribution in [0.4, 0.5) is 0 Å². The molecule has 1 aliphatic carbocycles. The zero-order chi connectivity index (χ0) is 14.0. The fourth-order valence-electron chi connectivity index (χ4n) is 2.30. The van der Waals surface area contributed by atoms with Gasteiger partial charge in [-0.15, -0.1) is 5.10 Å². The molecule has 3 N–H and O–H groups in total. The van der Waals surface area contributed by atoms with Crippen molar-refractivity contribution in [2.75, 3.05) is 0 Å². The quantitative estimate of drug-likeness (QED) is 0.750. The van der Waals surface area contributed by atoms with E-state index in [1.54, 1.807) is 0 Å². The lowest BCUT2D eigenvalue weighted by atomic mass is 10.0. The van der Waals surface area contributed by atoms with E-state index < -0.39 is 17.8 Å². The molecule has 2 unspecified atom stereocenters. The minimum absolute atomic E-state index is 0.0692. The zero-order valence-electron chi connectivity index (χ0n) is 11.0. The highest BCUT2D eigenvalue weighted by Gasteiger charge is 2.34. The SMILES string of the molecule is CC(C)c1nc(C(=O)NC2CCCC2C(=O)O)n[nH]1. The van der Waals surface area contributed by atoms with E-state index in [0.717, 1.165) is 6.42 Å². The summed E-state index contributed by atoms with van der Waals surface area (Å²) >= 11 is 0. The summed E-state index contributed by atoms with van der Waals surface area (Å²) < 4.78 is 0. The number of hydrogen-bond acceptors (Lipinski definition) is 4. The summed E-state index contributed by atoms with van der Waals surface area (Å²) in [5.41, 5.74) is 0. The number of nitrogens with one attached hydrogen (secondary N) is 2. The molecular weight excluding hydrogens is 248 g/mol. The van der Waals surface area contributed by atoms with Gasteiger partial charge < -0.3 is 10.4 Å². The monoisotopic (exact) mass is 266 g/mol. The van der Waals surface area contributed by atoms with Crippen molar-refractivity contribution >= 4 is 11.9 Å². The van der Waals surface area contributed by atoms with Gasteiger partial charge in [0, 0.05) is 12.0 Å². The molecule has 19 heavy (non-hydrogen) atoms. The summed E-state index contributed by atoms with van der Waals surface area (Å²) in [5.74, 6) is -0.909. The summed E-state index contributed by atoms with van der Waals surface area (Å²) in [5, 5.41) is 18.3. The number of H-pyrrole nitrogens is 1. The van der Waals surface area contributed by atoms with Crippen LogP contribution in [-0.2, 0) is 4.79 Å². The van der Waals surface area contributed by atoms with Crippen LogP contribution in [0.2, 0.25) is 0 Å². The van der Waals surface area contributed by atoms with Crippen LogP contribution in [-0.4, -0.2) is 38.2 Å². The molecule has 1 heterocycles. The standard InChI is InChI=1S/C12H18N4O3/c1-6(2)9-14-10(16-15-9)11(17)13-8-5-3-4-7(8)12(18)19/h6-8H,3-5H2,1-2H3,(H,13,17)(H,18,19)(H,14,15,16). The highest BCUT2D eigenvalue weighted by Crippen LogP contribution is 2.26.